The number of hydrogen-bond acceptors (Lipinski definition) is 4. The summed E-state index contributed by atoms with van der Waals surface area (Å²) in [5.74, 6) is 0.129. The van der Waals surface area contributed by atoms with Gasteiger partial charge >= 0.3 is 0 Å². The average molecular weight is 434 g/mol. The molecule has 2 heterocycles. The minimum atomic E-state index is 0.0445. The summed E-state index contributed by atoms with van der Waals surface area (Å²) < 4.78 is 0. The van der Waals surface area contributed by atoms with Crippen molar-refractivity contribution in [2.24, 2.45) is 0 Å². The van der Waals surface area contributed by atoms with Gasteiger partial charge in [0.25, 0.3) is 5.91 Å². The van der Waals surface area contributed by atoms with E-state index in [9.17, 15) is 9.59 Å². The standard InChI is InChI=1S/C25H27N3O2S/c1-19-7-5-10-21(15-19)25(30)28-12-6-11-27(13-14-28)24(29)17-22-18-31-23(26-22)16-20-8-3-2-4-9-20/h2-5,7-10,15,18H,6,11-14,16-17H2,1H3. The van der Waals surface area contributed by atoms with Gasteiger partial charge in [-0.25, -0.2) is 4.98 Å². The fourth-order valence-electron chi connectivity index (χ4n) is 3.88. The molecule has 2 aromatic carbocycles. The smallest absolute Gasteiger partial charge is 0.253 e. The third-order valence-electron chi connectivity index (χ3n) is 5.53. The number of hydrogen-bond donors (Lipinski definition) is 0. The Morgan fingerprint density at radius 3 is 2.55 bits per heavy atom. The van der Waals surface area contributed by atoms with Gasteiger partial charge in [-0.15, -0.1) is 11.3 Å². The monoisotopic (exact) mass is 433 g/mol. The molecule has 0 spiro atoms. The molecular weight excluding hydrogens is 406 g/mol. The van der Waals surface area contributed by atoms with Crippen molar-refractivity contribution >= 4 is 23.2 Å². The highest BCUT2D eigenvalue weighted by atomic mass is 32.1. The molecule has 0 atom stereocenters. The Hall–Kier alpha value is -2.99. The second-order valence-electron chi connectivity index (χ2n) is 7.97. The van der Waals surface area contributed by atoms with Crippen LogP contribution in [0.25, 0.3) is 0 Å². The molecule has 0 aliphatic carbocycles. The molecular formula is C25H27N3O2S. The van der Waals surface area contributed by atoms with Gasteiger partial charge in [0.15, 0.2) is 0 Å². The van der Waals surface area contributed by atoms with Crippen molar-refractivity contribution in [2.45, 2.75) is 26.2 Å². The molecule has 160 valence electrons. The molecule has 1 fully saturated rings. The first kappa shape index (κ1) is 21.2. The molecule has 1 aliphatic rings. The van der Waals surface area contributed by atoms with E-state index < -0.39 is 0 Å². The number of benzene rings is 2. The molecule has 0 saturated carbocycles. The molecule has 5 nitrogen and oxygen atoms in total. The first-order valence-corrected chi connectivity index (χ1v) is 11.6. The number of aromatic nitrogens is 1. The molecule has 4 rings (SSSR count). The second-order valence-corrected chi connectivity index (χ2v) is 8.91. The van der Waals surface area contributed by atoms with Gasteiger partial charge in [0, 0.05) is 43.5 Å². The van der Waals surface area contributed by atoms with Crippen LogP contribution in [-0.4, -0.2) is 52.8 Å². The molecule has 0 N–H and O–H groups in total. The first-order valence-electron chi connectivity index (χ1n) is 10.7. The summed E-state index contributed by atoms with van der Waals surface area (Å²) in [5.41, 5.74) is 3.85. The summed E-state index contributed by atoms with van der Waals surface area (Å²) in [6, 6.07) is 17.9. The fraction of sp³-hybridized carbons (Fsp3) is 0.320. The summed E-state index contributed by atoms with van der Waals surface area (Å²) in [6.07, 6.45) is 1.90. The molecule has 6 heteroatoms. The van der Waals surface area contributed by atoms with Gasteiger partial charge in [-0.05, 0) is 31.0 Å². The Morgan fingerprint density at radius 2 is 1.74 bits per heavy atom. The maximum Gasteiger partial charge on any atom is 0.253 e. The van der Waals surface area contributed by atoms with Crippen LogP contribution in [0, 0.1) is 6.92 Å². The van der Waals surface area contributed by atoms with Crippen LogP contribution in [0.4, 0.5) is 0 Å². The van der Waals surface area contributed by atoms with E-state index in [4.69, 9.17) is 0 Å². The summed E-state index contributed by atoms with van der Waals surface area (Å²) in [5, 5.41) is 3.02. The van der Waals surface area contributed by atoms with Gasteiger partial charge in [-0.1, -0.05) is 48.0 Å². The minimum Gasteiger partial charge on any atom is -0.341 e. The Bertz CT molecular complexity index is 1050. The normalized spacial score (nSPS) is 14.4. The van der Waals surface area contributed by atoms with Crippen molar-refractivity contribution in [3.63, 3.8) is 0 Å². The van der Waals surface area contributed by atoms with E-state index in [1.807, 2.05) is 64.6 Å². The van der Waals surface area contributed by atoms with E-state index in [1.54, 1.807) is 11.3 Å². The third kappa shape index (κ3) is 5.58. The van der Waals surface area contributed by atoms with Crippen molar-refractivity contribution < 1.29 is 9.59 Å². The molecule has 1 saturated heterocycles. The van der Waals surface area contributed by atoms with Crippen molar-refractivity contribution in [1.29, 1.82) is 0 Å². The summed E-state index contributed by atoms with van der Waals surface area (Å²) >= 11 is 1.61. The van der Waals surface area contributed by atoms with Crippen molar-refractivity contribution in [2.75, 3.05) is 26.2 Å². The van der Waals surface area contributed by atoms with Crippen LogP contribution in [0.1, 0.15) is 38.6 Å². The van der Waals surface area contributed by atoms with Crippen LogP contribution in [0.3, 0.4) is 0 Å². The number of nitrogens with zero attached hydrogens (tertiary/aromatic N) is 3. The molecule has 0 radical (unpaired) electrons. The number of aryl methyl sites for hydroxylation is 1. The third-order valence-corrected chi connectivity index (χ3v) is 6.43. The lowest BCUT2D eigenvalue weighted by Gasteiger charge is -2.22. The predicted molar refractivity (Wildman–Crippen MR) is 123 cm³/mol. The Morgan fingerprint density at radius 1 is 0.968 bits per heavy atom. The maximum absolute atomic E-state index is 12.9. The molecule has 1 aliphatic heterocycles. The van der Waals surface area contributed by atoms with Gasteiger partial charge in [0.1, 0.15) is 0 Å². The summed E-state index contributed by atoms with van der Waals surface area (Å²) in [7, 11) is 0. The van der Waals surface area contributed by atoms with Crippen LogP contribution in [0.5, 0.6) is 0 Å². The number of carbonyl (C=O) groups excluding carboxylic acids is 2. The first-order chi connectivity index (χ1) is 15.1. The van der Waals surface area contributed by atoms with Crippen LogP contribution in [-0.2, 0) is 17.6 Å². The van der Waals surface area contributed by atoms with E-state index in [1.165, 1.54) is 5.56 Å². The fourth-order valence-corrected chi connectivity index (χ4v) is 4.71. The van der Waals surface area contributed by atoms with E-state index in [2.05, 4.69) is 17.1 Å². The van der Waals surface area contributed by atoms with Gasteiger partial charge < -0.3 is 9.80 Å². The lowest BCUT2D eigenvalue weighted by atomic mass is 10.1. The maximum atomic E-state index is 12.9. The molecule has 31 heavy (non-hydrogen) atoms. The van der Waals surface area contributed by atoms with E-state index in [0.717, 1.165) is 29.1 Å². The lowest BCUT2D eigenvalue weighted by molar-refractivity contribution is -0.130. The summed E-state index contributed by atoms with van der Waals surface area (Å²) in [6.45, 7) is 4.47. The van der Waals surface area contributed by atoms with Gasteiger partial charge in [-0.3, -0.25) is 9.59 Å². The highest BCUT2D eigenvalue weighted by Crippen LogP contribution is 2.17. The largest absolute Gasteiger partial charge is 0.341 e. The van der Waals surface area contributed by atoms with Crippen LogP contribution in [0.2, 0.25) is 0 Å². The number of amides is 2. The van der Waals surface area contributed by atoms with Gasteiger partial charge in [0.2, 0.25) is 5.91 Å². The van der Waals surface area contributed by atoms with Gasteiger partial charge in [0.05, 0.1) is 17.1 Å². The highest BCUT2D eigenvalue weighted by Gasteiger charge is 2.23. The molecule has 2 amide bonds. The molecule has 3 aromatic rings. The number of rotatable bonds is 5. The summed E-state index contributed by atoms with van der Waals surface area (Å²) in [4.78, 5) is 34.1. The lowest BCUT2D eigenvalue weighted by Crippen LogP contribution is -2.38. The molecule has 0 unspecified atom stereocenters. The Kier molecular flexibility index (Phi) is 6.77. The van der Waals surface area contributed by atoms with Crippen LogP contribution >= 0.6 is 11.3 Å². The van der Waals surface area contributed by atoms with Crippen molar-refractivity contribution in [1.82, 2.24) is 14.8 Å². The van der Waals surface area contributed by atoms with E-state index in [0.29, 0.717) is 38.2 Å². The van der Waals surface area contributed by atoms with E-state index in [-0.39, 0.29) is 11.8 Å². The van der Waals surface area contributed by atoms with E-state index >= 15 is 0 Å². The SMILES string of the molecule is Cc1cccc(C(=O)N2CCCN(C(=O)Cc3csc(Cc4ccccc4)n3)CC2)c1. The zero-order valence-corrected chi connectivity index (χ0v) is 18.6. The Balaban J connectivity index is 1.32. The highest BCUT2D eigenvalue weighted by molar-refractivity contribution is 7.09. The van der Waals surface area contributed by atoms with Crippen molar-refractivity contribution in [3.8, 4) is 0 Å². The van der Waals surface area contributed by atoms with Gasteiger partial charge in [-0.2, -0.15) is 0 Å². The minimum absolute atomic E-state index is 0.0445. The molecule has 1 aromatic heterocycles. The van der Waals surface area contributed by atoms with Crippen molar-refractivity contribution in [3.05, 3.63) is 87.4 Å². The van der Waals surface area contributed by atoms with Crippen LogP contribution in [0.15, 0.2) is 60.0 Å². The zero-order chi connectivity index (χ0) is 21.6. The molecule has 0 bridgehead atoms. The Labute approximate surface area is 187 Å². The predicted octanol–water partition coefficient (Wildman–Crippen LogP) is 3.96. The quantitative estimate of drug-likeness (QED) is 0.612. The topological polar surface area (TPSA) is 53.5 Å². The zero-order valence-electron chi connectivity index (χ0n) is 17.8. The average Bonchev–Trinajstić information content (AvgIpc) is 3.06. The van der Waals surface area contributed by atoms with Crippen LogP contribution < -0.4 is 0 Å². The number of carbonyl (C=O) groups is 2. The number of thiazole rings is 1. The second kappa shape index (κ2) is 9.88.